The van der Waals surface area contributed by atoms with E-state index in [2.05, 4.69) is 16.3 Å². The predicted molar refractivity (Wildman–Crippen MR) is 83.7 cm³/mol. The van der Waals surface area contributed by atoms with Crippen molar-refractivity contribution in [1.29, 1.82) is 5.26 Å². The Morgan fingerprint density at radius 1 is 1.38 bits per heavy atom. The molecule has 0 aliphatic carbocycles. The highest BCUT2D eigenvalue weighted by atomic mass is 35.5. The minimum Gasteiger partial charge on any atom is -0.334 e. The van der Waals surface area contributed by atoms with Crippen molar-refractivity contribution in [3.05, 3.63) is 40.9 Å². The molecule has 0 atom stereocenters. The van der Waals surface area contributed by atoms with Crippen molar-refractivity contribution in [1.82, 2.24) is 10.2 Å². The van der Waals surface area contributed by atoms with Crippen LogP contribution in [0.25, 0.3) is 6.08 Å². The number of carbonyl (C=O) groups is 1. The van der Waals surface area contributed by atoms with Gasteiger partial charge in [0.1, 0.15) is 5.54 Å². The van der Waals surface area contributed by atoms with Crippen LogP contribution in [-0.4, -0.2) is 36.5 Å². The lowest BCUT2D eigenvalue weighted by Crippen LogP contribution is -2.53. The molecule has 5 heteroatoms. The Balaban J connectivity index is 1.97. The molecule has 0 unspecified atom stereocenters. The predicted octanol–water partition coefficient (Wildman–Crippen LogP) is 2.46. The van der Waals surface area contributed by atoms with E-state index in [1.54, 1.807) is 18.2 Å². The molecular weight excluding hydrogens is 286 g/mol. The van der Waals surface area contributed by atoms with Crippen molar-refractivity contribution >= 4 is 23.6 Å². The lowest BCUT2D eigenvalue weighted by Gasteiger charge is -2.35. The zero-order valence-electron chi connectivity index (χ0n) is 12.0. The van der Waals surface area contributed by atoms with E-state index >= 15 is 0 Å². The topological polar surface area (TPSA) is 56.1 Å². The van der Waals surface area contributed by atoms with Crippen LogP contribution in [0.15, 0.2) is 30.3 Å². The molecular formula is C16H18ClN3O. The van der Waals surface area contributed by atoms with Gasteiger partial charge in [0.2, 0.25) is 5.91 Å². The van der Waals surface area contributed by atoms with Crippen LogP contribution < -0.4 is 5.32 Å². The van der Waals surface area contributed by atoms with Gasteiger partial charge in [0.25, 0.3) is 0 Å². The molecule has 1 fully saturated rings. The summed E-state index contributed by atoms with van der Waals surface area (Å²) < 4.78 is 0. The standard InChI is InChI=1S/C16H18ClN3O/c1-20-10-8-16(12-18,9-11-20)19-15(21)7-4-13-2-5-14(17)6-3-13/h2-7H,8-11H2,1H3,(H,19,21)/b7-4-. The second-order valence-electron chi connectivity index (χ2n) is 5.37. The molecule has 1 aliphatic rings. The van der Waals surface area contributed by atoms with Crippen molar-refractivity contribution in [2.45, 2.75) is 18.4 Å². The summed E-state index contributed by atoms with van der Waals surface area (Å²) in [5.74, 6) is -0.240. The summed E-state index contributed by atoms with van der Waals surface area (Å²) in [7, 11) is 2.02. The fraction of sp³-hybridized carbons (Fsp3) is 0.375. The van der Waals surface area contributed by atoms with E-state index < -0.39 is 5.54 Å². The van der Waals surface area contributed by atoms with Crippen LogP contribution in [0.2, 0.25) is 5.02 Å². The number of nitrogens with zero attached hydrogens (tertiary/aromatic N) is 2. The van der Waals surface area contributed by atoms with E-state index in [-0.39, 0.29) is 5.91 Å². The number of benzene rings is 1. The molecule has 110 valence electrons. The summed E-state index contributed by atoms with van der Waals surface area (Å²) in [5, 5.41) is 12.9. The fourth-order valence-corrected chi connectivity index (χ4v) is 2.41. The Labute approximate surface area is 130 Å². The number of hydrogen-bond acceptors (Lipinski definition) is 3. The smallest absolute Gasteiger partial charge is 0.245 e. The molecule has 1 saturated heterocycles. The van der Waals surface area contributed by atoms with Gasteiger partial charge in [0.15, 0.2) is 0 Å². The Bertz CT molecular complexity index is 566. The minimum atomic E-state index is -0.742. The molecule has 0 radical (unpaired) electrons. The van der Waals surface area contributed by atoms with E-state index in [1.165, 1.54) is 6.08 Å². The van der Waals surface area contributed by atoms with Gasteiger partial charge in [-0.2, -0.15) is 5.26 Å². The van der Waals surface area contributed by atoms with Crippen molar-refractivity contribution in [2.75, 3.05) is 20.1 Å². The number of nitriles is 1. The van der Waals surface area contributed by atoms with Gasteiger partial charge in [-0.1, -0.05) is 23.7 Å². The van der Waals surface area contributed by atoms with Crippen LogP contribution in [-0.2, 0) is 4.79 Å². The molecule has 1 amide bonds. The quantitative estimate of drug-likeness (QED) is 0.873. The Morgan fingerprint density at radius 3 is 2.57 bits per heavy atom. The molecule has 1 aromatic carbocycles. The molecule has 2 rings (SSSR count). The number of carbonyl (C=O) groups excluding carboxylic acids is 1. The maximum atomic E-state index is 12.0. The Hall–Kier alpha value is -1.83. The maximum Gasteiger partial charge on any atom is 0.245 e. The lowest BCUT2D eigenvalue weighted by atomic mass is 9.89. The number of piperidine rings is 1. The van der Waals surface area contributed by atoms with Crippen LogP contribution in [0.3, 0.4) is 0 Å². The van der Waals surface area contributed by atoms with Crippen molar-refractivity contribution < 1.29 is 4.79 Å². The third-order valence-corrected chi connectivity index (χ3v) is 3.97. The maximum absolute atomic E-state index is 12.0. The van der Waals surface area contributed by atoms with Crippen molar-refractivity contribution in [3.63, 3.8) is 0 Å². The second-order valence-corrected chi connectivity index (χ2v) is 5.81. The highest BCUT2D eigenvalue weighted by Crippen LogP contribution is 2.20. The first kappa shape index (κ1) is 15.6. The number of rotatable bonds is 3. The van der Waals surface area contributed by atoms with Crippen LogP contribution in [0.1, 0.15) is 18.4 Å². The van der Waals surface area contributed by atoms with E-state index in [9.17, 15) is 10.1 Å². The SMILES string of the molecule is CN1CCC(C#N)(NC(=O)/C=C\c2ccc(Cl)cc2)CC1. The minimum absolute atomic E-state index is 0.240. The van der Waals surface area contributed by atoms with E-state index in [0.717, 1.165) is 18.7 Å². The van der Waals surface area contributed by atoms with Gasteiger partial charge in [0, 0.05) is 24.2 Å². The molecule has 4 nitrogen and oxygen atoms in total. The molecule has 1 N–H and O–H groups in total. The average molecular weight is 304 g/mol. The highest BCUT2D eigenvalue weighted by molar-refractivity contribution is 6.30. The number of nitrogens with one attached hydrogen (secondary N) is 1. The summed E-state index contributed by atoms with van der Waals surface area (Å²) >= 11 is 5.81. The van der Waals surface area contributed by atoms with Gasteiger partial charge in [-0.15, -0.1) is 0 Å². The van der Waals surface area contributed by atoms with Crippen molar-refractivity contribution in [2.24, 2.45) is 0 Å². The van der Waals surface area contributed by atoms with E-state index in [4.69, 9.17) is 11.6 Å². The first-order valence-corrected chi connectivity index (χ1v) is 7.26. The van der Waals surface area contributed by atoms with Crippen LogP contribution in [0.4, 0.5) is 0 Å². The summed E-state index contributed by atoms with van der Waals surface area (Å²) in [6, 6.07) is 9.48. The molecule has 1 aliphatic heterocycles. The average Bonchev–Trinajstić information content (AvgIpc) is 2.49. The van der Waals surface area contributed by atoms with Gasteiger partial charge in [-0.05, 0) is 43.7 Å². The van der Waals surface area contributed by atoms with Gasteiger partial charge < -0.3 is 10.2 Å². The summed E-state index contributed by atoms with van der Waals surface area (Å²) in [6.07, 6.45) is 4.48. The van der Waals surface area contributed by atoms with Gasteiger partial charge >= 0.3 is 0 Å². The summed E-state index contributed by atoms with van der Waals surface area (Å²) in [5.41, 5.74) is 0.150. The van der Waals surface area contributed by atoms with Crippen LogP contribution >= 0.6 is 11.6 Å². The first-order valence-electron chi connectivity index (χ1n) is 6.89. The zero-order valence-corrected chi connectivity index (χ0v) is 12.7. The molecule has 0 aromatic heterocycles. The summed E-state index contributed by atoms with van der Waals surface area (Å²) in [6.45, 7) is 1.63. The third-order valence-electron chi connectivity index (χ3n) is 3.71. The van der Waals surface area contributed by atoms with Crippen LogP contribution in [0, 0.1) is 11.3 Å². The van der Waals surface area contributed by atoms with E-state index in [1.807, 2.05) is 19.2 Å². The molecule has 0 spiro atoms. The van der Waals surface area contributed by atoms with Gasteiger partial charge in [-0.3, -0.25) is 4.79 Å². The largest absolute Gasteiger partial charge is 0.334 e. The summed E-state index contributed by atoms with van der Waals surface area (Å²) in [4.78, 5) is 14.2. The normalized spacial score (nSPS) is 18.3. The van der Waals surface area contributed by atoms with Gasteiger partial charge in [-0.25, -0.2) is 0 Å². The number of likely N-dealkylation sites (tertiary alicyclic amines) is 1. The number of amides is 1. The molecule has 1 aromatic rings. The first-order chi connectivity index (χ1) is 10.0. The van der Waals surface area contributed by atoms with E-state index in [0.29, 0.717) is 17.9 Å². The van der Waals surface area contributed by atoms with Crippen molar-refractivity contribution in [3.8, 4) is 6.07 Å². The zero-order chi connectivity index (χ0) is 15.3. The van der Waals surface area contributed by atoms with Gasteiger partial charge in [0.05, 0.1) is 6.07 Å². The monoisotopic (exact) mass is 303 g/mol. The third kappa shape index (κ3) is 4.32. The molecule has 0 bridgehead atoms. The number of halogens is 1. The molecule has 1 heterocycles. The van der Waals surface area contributed by atoms with Crippen LogP contribution in [0.5, 0.6) is 0 Å². The Kier molecular flexibility index (Phi) is 5.00. The Morgan fingerprint density at radius 2 is 2.00 bits per heavy atom. The molecule has 0 saturated carbocycles. The fourth-order valence-electron chi connectivity index (χ4n) is 2.29. The number of hydrogen-bond donors (Lipinski definition) is 1. The second kappa shape index (κ2) is 6.75. The lowest BCUT2D eigenvalue weighted by molar-refractivity contribution is -0.118. The molecule has 21 heavy (non-hydrogen) atoms. The highest BCUT2D eigenvalue weighted by Gasteiger charge is 2.34.